The molecular weight excluding hydrogens is 749 g/mol. The molecule has 16 nitrogen and oxygen atoms in total. The van der Waals surface area contributed by atoms with Gasteiger partial charge in [-0.25, -0.2) is 0 Å². The molecule has 0 spiro atoms. The van der Waals surface area contributed by atoms with E-state index in [1.54, 1.807) is 24.3 Å². The summed E-state index contributed by atoms with van der Waals surface area (Å²) >= 11 is 0. The number of quaternary nitrogens is 2. The van der Waals surface area contributed by atoms with Gasteiger partial charge in [-0.05, 0) is 65.5 Å². The highest BCUT2D eigenvalue weighted by molar-refractivity contribution is 7.86. The number of hydrogen-bond donors (Lipinski definition) is 4. The van der Waals surface area contributed by atoms with Crippen molar-refractivity contribution in [3.05, 3.63) is 83.9 Å². The number of rotatable bonds is 22. The highest BCUT2D eigenvalue weighted by Gasteiger charge is 2.21. The predicted octanol–water partition coefficient (Wildman–Crippen LogP) is 2.24. The molecule has 0 aliphatic heterocycles. The topological polar surface area (TPSA) is 235 Å². The van der Waals surface area contributed by atoms with Crippen LogP contribution in [0.4, 0.5) is 11.4 Å². The Morgan fingerprint density at radius 3 is 1.09 bits per heavy atom. The Kier molecular flexibility index (Phi) is 23.3. The van der Waals surface area contributed by atoms with Crippen LogP contribution in [0.1, 0.15) is 99.8 Å². The van der Waals surface area contributed by atoms with Gasteiger partial charge in [0.2, 0.25) is 0 Å². The maximum absolute atomic E-state index is 11.2. The van der Waals surface area contributed by atoms with Gasteiger partial charge in [0.25, 0.3) is 20.2 Å². The summed E-state index contributed by atoms with van der Waals surface area (Å²) in [5.74, 6) is -2.81. The first-order chi connectivity index (χ1) is 25.6. The molecule has 0 aliphatic rings. The van der Waals surface area contributed by atoms with Gasteiger partial charge < -0.3 is 19.8 Å². The first-order valence-corrected chi connectivity index (χ1v) is 20.4. The Hall–Kier alpha value is -3.82. The molecule has 54 heavy (non-hydrogen) atoms. The molecule has 3 rings (SSSR count). The van der Waals surface area contributed by atoms with Crippen molar-refractivity contribution in [1.82, 2.24) is 0 Å². The normalized spacial score (nSPS) is 11.4. The summed E-state index contributed by atoms with van der Waals surface area (Å²) in [6.07, 6.45) is 7.52. The number of hydrogen-bond acceptors (Lipinski definition) is 12. The molecule has 4 N–H and O–H groups in total. The second-order valence-corrected chi connectivity index (χ2v) is 14.4. The fourth-order valence-corrected chi connectivity index (χ4v) is 5.05. The summed E-state index contributed by atoms with van der Waals surface area (Å²) in [6.45, 7) is 10.3. The summed E-state index contributed by atoms with van der Waals surface area (Å²) in [5.41, 5.74) is 0.683. The van der Waals surface area contributed by atoms with Crippen LogP contribution in [0, 0.1) is 0 Å². The van der Waals surface area contributed by atoms with Crippen molar-refractivity contribution in [2.24, 2.45) is 0 Å². The number of unbranched alkanes of at least 4 members (excludes halogenated alkanes) is 4. The fraction of sp³-hybridized carbons (Fsp3) is 0.444. The third-order valence-electron chi connectivity index (χ3n) is 6.99. The first kappa shape index (κ1) is 48.2. The molecule has 0 aromatic heterocycles. The number of nitrogens with one attached hydrogen (secondary N) is 2. The van der Waals surface area contributed by atoms with Gasteiger partial charge in [-0.3, -0.25) is 9.11 Å². The summed E-state index contributed by atoms with van der Waals surface area (Å²) in [4.78, 5) is 42.6. The molecule has 0 saturated carbocycles. The first-order valence-electron chi connectivity index (χ1n) is 17.5. The molecule has 3 aromatic carbocycles. The van der Waals surface area contributed by atoms with Crippen molar-refractivity contribution < 1.29 is 75.5 Å². The van der Waals surface area contributed by atoms with Crippen LogP contribution in [0.5, 0.6) is 0 Å². The van der Waals surface area contributed by atoms with Crippen molar-refractivity contribution in [1.29, 1.82) is 0 Å². The Morgan fingerprint density at radius 2 is 0.833 bits per heavy atom. The predicted molar refractivity (Wildman–Crippen MR) is 192 cm³/mol. The molecule has 0 radical (unpaired) electrons. The van der Waals surface area contributed by atoms with Gasteiger partial charge in [0.1, 0.15) is 36.2 Å². The van der Waals surface area contributed by atoms with Crippen LogP contribution in [-0.2, 0) is 39.6 Å². The maximum atomic E-state index is 11.2. The van der Waals surface area contributed by atoms with E-state index in [2.05, 4.69) is 27.7 Å². The van der Waals surface area contributed by atoms with Crippen LogP contribution in [0.2, 0.25) is 0 Å². The van der Waals surface area contributed by atoms with Gasteiger partial charge in [-0.1, -0.05) is 83.7 Å². The number of carbonyl (C=O) groups excluding carboxylic acids is 2. The third-order valence-corrected chi connectivity index (χ3v) is 8.69. The number of carboxylic acid groups (broad SMARTS) is 2. The molecule has 0 heterocycles. The average molecular weight is 801 g/mol. The number of benzene rings is 3. The van der Waals surface area contributed by atoms with Crippen molar-refractivity contribution >= 4 is 43.5 Å². The fourth-order valence-electron chi connectivity index (χ4n) is 3.99. The SMILES string of the molecule is CCCCO[NH+](OCCCC)c1cccc(S(=O)(=O)O)c1.CCCCO[NH+](OCCCC)c1cccc(S(=O)(=O)O)c1.O=C([O-])c1cccc(C(=O)[O-])c1. The van der Waals surface area contributed by atoms with E-state index in [1.165, 1.54) is 42.5 Å². The van der Waals surface area contributed by atoms with E-state index in [-0.39, 0.29) is 20.9 Å². The summed E-state index contributed by atoms with van der Waals surface area (Å²) < 4.78 is 63.0. The van der Waals surface area contributed by atoms with Crippen molar-refractivity contribution in [2.45, 2.75) is 88.9 Å². The number of carbonyl (C=O) groups is 2. The Labute approximate surface area is 317 Å². The minimum Gasteiger partial charge on any atom is -0.545 e. The quantitative estimate of drug-likeness (QED) is 0.0649. The van der Waals surface area contributed by atoms with E-state index in [1.807, 2.05) is 0 Å². The molecule has 18 heteroatoms. The number of aromatic carboxylic acids is 2. The summed E-state index contributed by atoms with van der Waals surface area (Å²) in [7, 11) is -8.47. The van der Waals surface area contributed by atoms with Gasteiger partial charge in [-0.2, -0.15) is 36.2 Å². The van der Waals surface area contributed by atoms with Crippen molar-refractivity contribution in [3.63, 3.8) is 0 Å². The lowest BCUT2D eigenvalue weighted by Gasteiger charge is -2.15. The van der Waals surface area contributed by atoms with Gasteiger partial charge in [-0.15, -0.1) is 0 Å². The van der Waals surface area contributed by atoms with Crippen LogP contribution in [0.25, 0.3) is 0 Å². The largest absolute Gasteiger partial charge is 0.545 e. The summed E-state index contributed by atoms with van der Waals surface area (Å²) in [5, 5.41) is 21.1. The lowest BCUT2D eigenvalue weighted by atomic mass is 10.1. The molecule has 3 aromatic rings. The van der Waals surface area contributed by atoms with Gasteiger partial charge in [0, 0.05) is 24.3 Å². The van der Waals surface area contributed by atoms with Gasteiger partial charge >= 0.3 is 0 Å². The number of carboxylic acids is 2. The monoisotopic (exact) mass is 800 g/mol. The van der Waals surface area contributed by atoms with Crippen molar-refractivity contribution in [2.75, 3.05) is 26.4 Å². The third kappa shape index (κ3) is 19.5. The average Bonchev–Trinajstić information content (AvgIpc) is 3.14. The van der Waals surface area contributed by atoms with E-state index in [9.17, 15) is 36.6 Å². The lowest BCUT2D eigenvalue weighted by molar-refractivity contribution is -1.20. The van der Waals surface area contributed by atoms with Crippen LogP contribution in [-0.4, -0.2) is 64.3 Å². The highest BCUT2D eigenvalue weighted by Crippen LogP contribution is 2.13. The van der Waals surface area contributed by atoms with Gasteiger partial charge in [0.05, 0.1) is 11.9 Å². The lowest BCUT2D eigenvalue weighted by Crippen LogP contribution is -3.05. The second-order valence-electron chi connectivity index (χ2n) is 11.5. The van der Waals surface area contributed by atoms with E-state index in [4.69, 9.17) is 28.5 Å². The second kappa shape index (κ2) is 26.1. The van der Waals surface area contributed by atoms with E-state index >= 15 is 0 Å². The summed E-state index contributed by atoms with van der Waals surface area (Å²) in [6, 6.07) is 16.7. The minimum absolute atomic E-state index is 0.170. The zero-order valence-electron chi connectivity index (χ0n) is 31.0. The van der Waals surface area contributed by atoms with Gasteiger partial charge in [0.15, 0.2) is 11.4 Å². The standard InChI is InChI=1S/2C14H23NO5S.C8H6O4/c2*1-3-5-10-19-15(20-11-6-4-2)13-8-7-9-14(12-13)21(16,17)18;9-7(10)5-2-1-3-6(4-5)8(11)12/h2*7-9,12H,3-6,10-11H2,1-2H3,(H,16,17,18);1-4H,(H,9,10)(H,11,12). The van der Waals surface area contributed by atoms with E-state index < -0.39 is 32.2 Å². The zero-order valence-corrected chi connectivity index (χ0v) is 32.7. The highest BCUT2D eigenvalue weighted by atomic mass is 32.2. The smallest absolute Gasteiger partial charge is 0.294 e. The van der Waals surface area contributed by atoms with Crippen molar-refractivity contribution in [3.8, 4) is 0 Å². The van der Waals surface area contributed by atoms with Crippen LogP contribution < -0.4 is 20.7 Å². The van der Waals surface area contributed by atoms with Crippen LogP contribution in [0.3, 0.4) is 0 Å². The molecule has 302 valence electrons. The Morgan fingerprint density at radius 1 is 0.537 bits per heavy atom. The molecule has 0 bridgehead atoms. The Balaban J connectivity index is 0.000000421. The van der Waals surface area contributed by atoms with Crippen LogP contribution in [0.15, 0.2) is 82.6 Å². The van der Waals surface area contributed by atoms with E-state index in [0.717, 1.165) is 57.4 Å². The minimum atomic E-state index is -4.23. The molecule has 0 amide bonds. The maximum Gasteiger partial charge on any atom is 0.294 e. The van der Waals surface area contributed by atoms with E-state index in [0.29, 0.717) is 48.3 Å². The molecule has 0 unspecified atom stereocenters. The molecule has 0 fully saturated rings. The zero-order chi connectivity index (χ0) is 40.6. The molecule has 0 aliphatic carbocycles. The molecule has 0 atom stereocenters. The molecule has 0 saturated heterocycles. The molecular formula is C36H52N2O14S2. The van der Waals surface area contributed by atoms with Crippen LogP contribution >= 0.6 is 0 Å². The Bertz CT molecular complexity index is 1630.